The molecule has 6 heteroatoms. The van der Waals surface area contributed by atoms with Crippen molar-refractivity contribution >= 4 is 17.5 Å². The van der Waals surface area contributed by atoms with E-state index in [0.717, 1.165) is 5.56 Å². The summed E-state index contributed by atoms with van der Waals surface area (Å²) in [5.41, 5.74) is 2.70. The highest BCUT2D eigenvalue weighted by Crippen LogP contribution is 2.33. The number of nitrogens with zero attached hydrogens (tertiary/aromatic N) is 1. The lowest BCUT2D eigenvalue weighted by Gasteiger charge is -2.08. The van der Waals surface area contributed by atoms with Gasteiger partial charge in [-0.3, -0.25) is 4.79 Å². The van der Waals surface area contributed by atoms with E-state index in [2.05, 4.69) is 10.5 Å². The molecule has 0 aliphatic heterocycles. The fourth-order valence-corrected chi connectivity index (χ4v) is 2.97. The molecule has 0 saturated carbocycles. The first-order valence-electron chi connectivity index (χ1n) is 8.22. The van der Waals surface area contributed by atoms with E-state index in [-0.39, 0.29) is 5.91 Å². The van der Waals surface area contributed by atoms with Gasteiger partial charge >= 0.3 is 0 Å². The van der Waals surface area contributed by atoms with E-state index >= 15 is 0 Å². The molecular formula is C20H19ClN2O3. The molecule has 0 radical (unpaired) electrons. The molecule has 0 unspecified atom stereocenters. The maximum absolute atomic E-state index is 12.7. The minimum absolute atomic E-state index is 0.230. The minimum atomic E-state index is -0.230. The van der Waals surface area contributed by atoms with Crippen molar-refractivity contribution in [3.63, 3.8) is 0 Å². The quantitative estimate of drug-likeness (QED) is 0.703. The van der Waals surface area contributed by atoms with Gasteiger partial charge in [0, 0.05) is 11.6 Å². The molecule has 0 aliphatic rings. The normalized spacial score (nSPS) is 10.6. The summed E-state index contributed by atoms with van der Waals surface area (Å²) < 4.78 is 10.8. The number of carbonyl (C=O) groups is 1. The summed E-state index contributed by atoms with van der Waals surface area (Å²) >= 11 is 5.99. The molecule has 5 nitrogen and oxygen atoms in total. The van der Waals surface area contributed by atoms with Crippen LogP contribution in [0.1, 0.15) is 21.6 Å². The Kier molecular flexibility index (Phi) is 5.58. The molecule has 2 aromatic carbocycles. The monoisotopic (exact) mass is 370 g/mol. The van der Waals surface area contributed by atoms with Crippen molar-refractivity contribution in [2.75, 3.05) is 13.7 Å². The van der Waals surface area contributed by atoms with Crippen LogP contribution in [0.3, 0.4) is 0 Å². The van der Waals surface area contributed by atoms with Crippen LogP contribution in [0, 0.1) is 6.92 Å². The van der Waals surface area contributed by atoms with Crippen molar-refractivity contribution < 1.29 is 14.1 Å². The Bertz CT molecular complexity index is 921. The molecule has 3 aromatic rings. The smallest absolute Gasteiger partial charge is 0.257 e. The standard InChI is InChI=1S/C20H19ClN2O3/c1-13-18(19(26-23-13)16-8-3-4-9-17(16)25-2)20(24)22-11-10-14-6-5-7-15(21)12-14/h3-9,12H,10-11H2,1-2H3,(H,22,24). The number of halogens is 1. The number of aryl methyl sites for hydroxylation is 1. The molecule has 0 fully saturated rings. The molecule has 1 amide bonds. The van der Waals surface area contributed by atoms with Crippen LogP contribution < -0.4 is 10.1 Å². The number of benzene rings is 2. The van der Waals surface area contributed by atoms with Gasteiger partial charge in [-0.05, 0) is 43.2 Å². The second-order valence-electron chi connectivity index (χ2n) is 5.81. The average Bonchev–Trinajstić information content (AvgIpc) is 3.03. The number of para-hydroxylation sites is 1. The van der Waals surface area contributed by atoms with Gasteiger partial charge < -0.3 is 14.6 Å². The zero-order valence-electron chi connectivity index (χ0n) is 14.6. The third-order valence-corrected chi connectivity index (χ3v) is 4.26. The lowest BCUT2D eigenvalue weighted by Crippen LogP contribution is -2.26. The Hall–Kier alpha value is -2.79. The largest absolute Gasteiger partial charge is 0.496 e. The SMILES string of the molecule is COc1ccccc1-c1onc(C)c1C(=O)NCCc1cccc(Cl)c1. The molecule has 0 bridgehead atoms. The van der Waals surface area contributed by atoms with Gasteiger partial charge in [0.1, 0.15) is 11.3 Å². The van der Waals surface area contributed by atoms with E-state index in [1.807, 2.05) is 48.5 Å². The number of methoxy groups -OCH3 is 1. The van der Waals surface area contributed by atoms with Crippen molar-refractivity contribution in [3.05, 3.63) is 70.4 Å². The number of amides is 1. The average molecular weight is 371 g/mol. The highest BCUT2D eigenvalue weighted by atomic mass is 35.5. The van der Waals surface area contributed by atoms with Crippen molar-refractivity contribution in [2.24, 2.45) is 0 Å². The summed E-state index contributed by atoms with van der Waals surface area (Å²) in [7, 11) is 1.58. The van der Waals surface area contributed by atoms with Gasteiger partial charge in [-0.2, -0.15) is 0 Å². The van der Waals surface area contributed by atoms with Gasteiger partial charge in [-0.1, -0.05) is 41.0 Å². The van der Waals surface area contributed by atoms with Crippen molar-refractivity contribution in [2.45, 2.75) is 13.3 Å². The lowest BCUT2D eigenvalue weighted by molar-refractivity contribution is 0.0954. The Balaban J connectivity index is 1.77. The van der Waals surface area contributed by atoms with Gasteiger partial charge in [0.2, 0.25) is 0 Å². The van der Waals surface area contributed by atoms with Crippen LogP contribution in [0.25, 0.3) is 11.3 Å². The summed E-state index contributed by atoms with van der Waals surface area (Å²) in [5, 5.41) is 7.56. The predicted octanol–water partition coefficient (Wildman–Crippen LogP) is 4.28. The van der Waals surface area contributed by atoms with Crippen LogP contribution >= 0.6 is 11.6 Å². The van der Waals surface area contributed by atoms with E-state index in [1.54, 1.807) is 14.0 Å². The number of rotatable bonds is 6. The van der Waals surface area contributed by atoms with Gasteiger partial charge in [-0.15, -0.1) is 0 Å². The molecule has 0 saturated heterocycles. The minimum Gasteiger partial charge on any atom is -0.496 e. The molecule has 1 heterocycles. The highest BCUT2D eigenvalue weighted by molar-refractivity contribution is 6.30. The van der Waals surface area contributed by atoms with Crippen molar-refractivity contribution in [1.82, 2.24) is 10.5 Å². The number of hydrogen-bond donors (Lipinski definition) is 1. The first kappa shape index (κ1) is 18.0. The maximum atomic E-state index is 12.7. The lowest BCUT2D eigenvalue weighted by atomic mass is 10.1. The molecule has 26 heavy (non-hydrogen) atoms. The molecule has 1 N–H and O–H groups in total. The van der Waals surface area contributed by atoms with Gasteiger partial charge in [0.05, 0.1) is 18.4 Å². The first-order chi connectivity index (χ1) is 12.6. The van der Waals surface area contributed by atoms with Crippen LogP contribution in [0.5, 0.6) is 5.75 Å². The molecule has 3 rings (SSSR count). The van der Waals surface area contributed by atoms with Gasteiger partial charge in [0.25, 0.3) is 5.91 Å². The van der Waals surface area contributed by atoms with E-state index in [0.29, 0.717) is 46.3 Å². The van der Waals surface area contributed by atoms with Crippen LogP contribution in [-0.2, 0) is 6.42 Å². The van der Waals surface area contributed by atoms with Crippen LogP contribution in [0.2, 0.25) is 5.02 Å². The zero-order valence-corrected chi connectivity index (χ0v) is 15.3. The number of carbonyl (C=O) groups excluding carboxylic acids is 1. The fraction of sp³-hybridized carbons (Fsp3) is 0.200. The molecule has 0 atom stereocenters. The summed E-state index contributed by atoms with van der Waals surface area (Å²) in [6.45, 7) is 2.23. The van der Waals surface area contributed by atoms with E-state index < -0.39 is 0 Å². The van der Waals surface area contributed by atoms with E-state index in [4.69, 9.17) is 20.9 Å². The fourth-order valence-electron chi connectivity index (χ4n) is 2.75. The summed E-state index contributed by atoms with van der Waals surface area (Å²) in [5.74, 6) is 0.795. The van der Waals surface area contributed by atoms with Crippen LogP contribution in [0.4, 0.5) is 0 Å². The summed E-state index contributed by atoms with van der Waals surface area (Å²) in [4.78, 5) is 12.7. The number of nitrogens with one attached hydrogen (secondary N) is 1. The third kappa shape index (κ3) is 3.89. The van der Waals surface area contributed by atoms with Crippen LogP contribution in [0.15, 0.2) is 53.1 Å². The molecule has 1 aromatic heterocycles. The second kappa shape index (κ2) is 8.06. The zero-order chi connectivity index (χ0) is 18.5. The maximum Gasteiger partial charge on any atom is 0.257 e. The van der Waals surface area contributed by atoms with E-state index in [9.17, 15) is 4.79 Å². The second-order valence-corrected chi connectivity index (χ2v) is 6.24. The summed E-state index contributed by atoms with van der Waals surface area (Å²) in [6, 6.07) is 14.9. The highest BCUT2D eigenvalue weighted by Gasteiger charge is 2.23. The summed E-state index contributed by atoms with van der Waals surface area (Å²) in [6.07, 6.45) is 0.681. The number of hydrogen-bond acceptors (Lipinski definition) is 4. The number of aromatic nitrogens is 1. The Labute approximate surface area is 156 Å². The van der Waals surface area contributed by atoms with Crippen LogP contribution in [-0.4, -0.2) is 24.7 Å². The Morgan fingerprint density at radius 1 is 1.23 bits per heavy atom. The molecule has 0 aliphatic carbocycles. The number of ether oxygens (including phenoxy) is 1. The molecule has 0 spiro atoms. The van der Waals surface area contributed by atoms with E-state index in [1.165, 1.54) is 0 Å². The van der Waals surface area contributed by atoms with Gasteiger partial charge in [-0.25, -0.2) is 0 Å². The van der Waals surface area contributed by atoms with Gasteiger partial charge in [0.15, 0.2) is 5.76 Å². The third-order valence-electron chi connectivity index (χ3n) is 4.03. The molecule has 134 valence electrons. The van der Waals surface area contributed by atoms with Crippen molar-refractivity contribution in [3.8, 4) is 17.1 Å². The molecular weight excluding hydrogens is 352 g/mol. The van der Waals surface area contributed by atoms with Crippen molar-refractivity contribution in [1.29, 1.82) is 0 Å². The predicted molar refractivity (Wildman–Crippen MR) is 101 cm³/mol. The Morgan fingerprint density at radius 2 is 2.04 bits per heavy atom. The Morgan fingerprint density at radius 3 is 2.81 bits per heavy atom. The first-order valence-corrected chi connectivity index (χ1v) is 8.60. The topological polar surface area (TPSA) is 64.4 Å².